The molecule has 2 aromatic heterocycles. The summed E-state index contributed by atoms with van der Waals surface area (Å²) in [5.74, 6) is -1.18. The SMILES string of the molecule is CC(c1ccco1)n1c(N)nc2ccc(F)c(F)c21. The van der Waals surface area contributed by atoms with Gasteiger partial charge in [-0.1, -0.05) is 0 Å². The van der Waals surface area contributed by atoms with Crippen molar-refractivity contribution in [1.82, 2.24) is 9.55 Å². The Kier molecular flexibility index (Phi) is 2.51. The summed E-state index contributed by atoms with van der Waals surface area (Å²) in [6.45, 7) is 1.78. The molecule has 98 valence electrons. The Morgan fingerprint density at radius 3 is 2.79 bits per heavy atom. The lowest BCUT2D eigenvalue weighted by Crippen LogP contribution is -2.10. The van der Waals surface area contributed by atoms with Gasteiger partial charge in [-0.3, -0.25) is 4.57 Å². The van der Waals surface area contributed by atoms with Crippen molar-refractivity contribution in [2.24, 2.45) is 0 Å². The lowest BCUT2D eigenvalue weighted by atomic mass is 10.2. The topological polar surface area (TPSA) is 57.0 Å². The van der Waals surface area contributed by atoms with E-state index in [2.05, 4.69) is 4.98 Å². The number of benzene rings is 1. The molecule has 1 unspecified atom stereocenters. The van der Waals surface area contributed by atoms with Crippen LogP contribution in [0.5, 0.6) is 0 Å². The highest BCUT2D eigenvalue weighted by Crippen LogP contribution is 2.29. The van der Waals surface area contributed by atoms with E-state index in [4.69, 9.17) is 10.2 Å². The maximum absolute atomic E-state index is 14.0. The summed E-state index contributed by atoms with van der Waals surface area (Å²) in [6, 6.07) is 5.52. The Hall–Kier alpha value is -2.37. The predicted molar refractivity (Wildman–Crippen MR) is 66.6 cm³/mol. The predicted octanol–water partition coefficient (Wildman–Crippen LogP) is 3.10. The zero-order valence-corrected chi connectivity index (χ0v) is 10.1. The molecule has 0 bridgehead atoms. The molecule has 0 fully saturated rings. The fourth-order valence-corrected chi connectivity index (χ4v) is 2.19. The highest BCUT2D eigenvalue weighted by Gasteiger charge is 2.21. The minimum Gasteiger partial charge on any atom is -0.467 e. The molecule has 0 aliphatic carbocycles. The summed E-state index contributed by atoms with van der Waals surface area (Å²) in [6.07, 6.45) is 1.51. The highest BCUT2D eigenvalue weighted by atomic mass is 19.2. The molecule has 3 rings (SSSR count). The monoisotopic (exact) mass is 263 g/mol. The number of hydrogen-bond donors (Lipinski definition) is 1. The molecule has 1 aromatic carbocycles. The number of aromatic nitrogens is 2. The summed E-state index contributed by atoms with van der Waals surface area (Å²) < 4.78 is 34.0. The van der Waals surface area contributed by atoms with Gasteiger partial charge in [0.25, 0.3) is 0 Å². The van der Waals surface area contributed by atoms with E-state index in [9.17, 15) is 8.78 Å². The average Bonchev–Trinajstić information content (AvgIpc) is 3.00. The van der Waals surface area contributed by atoms with Crippen LogP contribution in [0, 0.1) is 11.6 Å². The van der Waals surface area contributed by atoms with Gasteiger partial charge in [-0.2, -0.15) is 0 Å². The zero-order chi connectivity index (χ0) is 13.6. The first-order chi connectivity index (χ1) is 9.09. The van der Waals surface area contributed by atoms with E-state index in [1.807, 2.05) is 0 Å². The quantitative estimate of drug-likeness (QED) is 0.772. The van der Waals surface area contributed by atoms with Crippen LogP contribution in [0.1, 0.15) is 18.7 Å². The normalized spacial score (nSPS) is 13.0. The number of halogens is 2. The third-order valence-electron chi connectivity index (χ3n) is 3.11. The number of nitrogens with two attached hydrogens (primary N) is 1. The van der Waals surface area contributed by atoms with E-state index in [-0.39, 0.29) is 17.5 Å². The number of rotatable bonds is 2. The number of fused-ring (bicyclic) bond motifs is 1. The van der Waals surface area contributed by atoms with Gasteiger partial charge < -0.3 is 10.2 Å². The van der Waals surface area contributed by atoms with Gasteiger partial charge >= 0.3 is 0 Å². The Bertz CT molecular complexity index is 734. The Morgan fingerprint density at radius 2 is 2.11 bits per heavy atom. The second-order valence-corrected chi connectivity index (χ2v) is 4.26. The zero-order valence-electron chi connectivity index (χ0n) is 10.1. The fourth-order valence-electron chi connectivity index (χ4n) is 2.19. The van der Waals surface area contributed by atoms with Crippen molar-refractivity contribution in [1.29, 1.82) is 0 Å². The molecule has 6 heteroatoms. The molecule has 0 radical (unpaired) electrons. The van der Waals surface area contributed by atoms with Crippen molar-refractivity contribution < 1.29 is 13.2 Å². The van der Waals surface area contributed by atoms with E-state index in [0.29, 0.717) is 11.3 Å². The largest absolute Gasteiger partial charge is 0.467 e. The van der Waals surface area contributed by atoms with E-state index in [0.717, 1.165) is 6.07 Å². The molecule has 0 spiro atoms. The summed E-state index contributed by atoms with van der Waals surface area (Å²) in [5, 5.41) is 0. The van der Waals surface area contributed by atoms with Crippen LogP contribution in [0.3, 0.4) is 0 Å². The Morgan fingerprint density at radius 1 is 1.32 bits per heavy atom. The van der Waals surface area contributed by atoms with Crippen molar-refractivity contribution in [3.05, 3.63) is 47.9 Å². The molecule has 3 aromatic rings. The standard InChI is InChI=1S/C13H11F2N3O/c1-7(10-3-2-6-19-10)18-12-9(17-13(18)16)5-4-8(14)11(12)15/h2-7H,1H3,(H2,16,17). The van der Waals surface area contributed by atoms with Crippen molar-refractivity contribution in [3.63, 3.8) is 0 Å². The number of nitrogen functional groups attached to an aromatic ring is 1. The van der Waals surface area contributed by atoms with E-state index in [1.54, 1.807) is 19.1 Å². The summed E-state index contributed by atoms with van der Waals surface area (Å²) >= 11 is 0. The molecule has 4 nitrogen and oxygen atoms in total. The second kappa shape index (κ2) is 4.08. The lowest BCUT2D eigenvalue weighted by molar-refractivity contribution is 0.448. The van der Waals surface area contributed by atoms with Crippen LogP contribution in [0.25, 0.3) is 11.0 Å². The molecular formula is C13H11F2N3O. The van der Waals surface area contributed by atoms with Crippen LogP contribution in [0.15, 0.2) is 34.9 Å². The molecular weight excluding hydrogens is 252 g/mol. The minimum atomic E-state index is -0.958. The molecule has 0 amide bonds. The van der Waals surface area contributed by atoms with Crippen molar-refractivity contribution >= 4 is 17.0 Å². The van der Waals surface area contributed by atoms with E-state index >= 15 is 0 Å². The number of furan rings is 1. The number of hydrogen-bond acceptors (Lipinski definition) is 3. The van der Waals surface area contributed by atoms with Crippen LogP contribution in [0.4, 0.5) is 14.7 Å². The Balaban J connectivity index is 2.28. The van der Waals surface area contributed by atoms with Gasteiger partial charge in [0.05, 0.1) is 17.8 Å². The smallest absolute Gasteiger partial charge is 0.201 e. The van der Waals surface area contributed by atoms with Crippen LogP contribution in [0.2, 0.25) is 0 Å². The maximum atomic E-state index is 14.0. The van der Waals surface area contributed by atoms with Crippen LogP contribution < -0.4 is 5.73 Å². The third-order valence-corrected chi connectivity index (χ3v) is 3.11. The van der Waals surface area contributed by atoms with Crippen molar-refractivity contribution in [2.75, 3.05) is 5.73 Å². The van der Waals surface area contributed by atoms with Gasteiger partial charge in [-0.05, 0) is 31.2 Å². The average molecular weight is 263 g/mol. The second-order valence-electron chi connectivity index (χ2n) is 4.26. The number of imidazole rings is 1. The first-order valence-corrected chi connectivity index (χ1v) is 5.74. The first kappa shape index (κ1) is 11.7. The van der Waals surface area contributed by atoms with Gasteiger partial charge in [0.1, 0.15) is 11.3 Å². The highest BCUT2D eigenvalue weighted by molar-refractivity contribution is 5.79. The molecule has 19 heavy (non-hydrogen) atoms. The van der Waals surface area contributed by atoms with Gasteiger partial charge in [0, 0.05) is 0 Å². The van der Waals surface area contributed by atoms with Crippen LogP contribution in [-0.2, 0) is 0 Å². The molecule has 2 heterocycles. The molecule has 0 saturated carbocycles. The van der Waals surface area contributed by atoms with Gasteiger partial charge in [-0.15, -0.1) is 0 Å². The maximum Gasteiger partial charge on any atom is 0.201 e. The van der Waals surface area contributed by atoms with Crippen molar-refractivity contribution in [3.8, 4) is 0 Å². The van der Waals surface area contributed by atoms with Gasteiger partial charge in [0.2, 0.25) is 5.95 Å². The van der Waals surface area contributed by atoms with Crippen molar-refractivity contribution in [2.45, 2.75) is 13.0 Å². The molecule has 1 atom stereocenters. The van der Waals surface area contributed by atoms with Gasteiger partial charge in [0.15, 0.2) is 11.6 Å². The third kappa shape index (κ3) is 1.68. The lowest BCUT2D eigenvalue weighted by Gasteiger charge is -2.13. The van der Waals surface area contributed by atoms with E-state index < -0.39 is 11.6 Å². The molecule has 0 aliphatic rings. The van der Waals surface area contributed by atoms with E-state index in [1.165, 1.54) is 16.9 Å². The molecule has 2 N–H and O–H groups in total. The minimum absolute atomic E-state index is 0.0430. The summed E-state index contributed by atoms with van der Waals surface area (Å²) in [5.41, 5.74) is 6.16. The first-order valence-electron chi connectivity index (χ1n) is 5.74. The number of nitrogens with zero attached hydrogens (tertiary/aromatic N) is 2. The van der Waals surface area contributed by atoms with Crippen LogP contribution in [-0.4, -0.2) is 9.55 Å². The molecule has 0 saturated heterocycles. The van der Waals surface area contributed by atoms with Crippen LogP contribution >= 0.6 is 0 Å². The fraction of sp³-hybridized carbons (Fsp3) is 0.154. The van der Waals surface area contributed by atoms with Gasteiger partial charge in [-0.25, -0.2) is 13.8 Å². The number of anilines is 1. The summed E-state index contributed by atoms with van der Waals surface area (Å²) in [7, 11) is 0. The Labute approximate surface area is 107 Å². The molecule has 0 aliphatic heterocycles. The summed E-state index contributed by atoms with van der Waals surface area (Å²) in [4.78, 5) is 4.04.